The zero-order chi connectivity index (χ0) is 17.3. The van der Waals surface area contributed by atoms with Gasteiger partial charge in [-0.2, -0.15) is 0 Å². The standard InChI is InChI=1S/C17H33N3O2/c1-11(2)16(19-13(5)6)17(22)20-15(14(7)21)9-8-10-18-12(3)4/h11,13,15-16,18-19H,3,8-10H2,1-2,4-7H3,(H,20,22)/t15?,16-/m0/s1. The quantitative estimate of drug-likeness (QED) is 0.510. The van der Waals surface area contributed by atoms with E-state index in [1.165, 1.54) is 6.92 Å². The molecule has 0 aliphatic heterocycles. The van der Waals surface area contributed by atoms with Crippen molar-refractivity contribution in [3.63, 3.8) is 0 Å². The van der Waals surface area contributed by atoms with Gasteiger partial charge in [-0.05, 0) is 32.6 Å². The summed E-state index contributed by atoms with van der Waals surface area (Å²) in [7, 11) is 0. The smallest absolute Gasteiger partial charge is 0.237 e. The first kappa shape index (κ1) is 20.6. The lowest BCUT2D eigenvalue weighted by atomic mass is 10.0. The molecule has 0 saturated carbocycles. The minimum atomic E-state index is -0.422. The molecule has 5 heteroatoms. The van der Waals surface area contributed by atoms with Crippen molar-refractivity contribution in [3.8, 4) is 0 Å². The molecule has 0 saturated heterocycles. The first-order valence-corrected chi connectivity index (χ1v) is 8.11. The minimum absolute atomic E-state index is 0.00396. The molecule has 128 valence electrons. The Morgan fingerprint density at radius 2 is 1.68 bits per heavy atom. The van der Waals surface area contributed by atoms with Gasteiger partial charge < -0.3 is 16.0 Å². The first-order chi connectivity index (χ1) is 10.1. The summed E-state index contributed by atoms with van der Waals surface area (Å²) in [4.78, 5) is 24.2. The molecule has 22 heavy (non-hydrogen) atoms. The lowest BCUT2D eigenvalue weighted by molar-refractivity contribution is -0.129. The molecule has 0 aromatic heterocycles. The molecule has 3 N–H and O–H groups in total. The molecule has 0 aliphatic carbocycles. The number of Topliss-reactive ketones (excluding diaryl/α,β-unsaturated/α-hetero) is 1. The van der Waals surface area contributed by atoms with Crippen molar-refractivity contribution >= 4 is 11.7 Å². The van der Waals surface area contributed by atoms with Crippen LogP contribution in [-0.2, 0) is 9.59 Å². The van der Waals surface area contributed by atoms with Crippen molar-refractivity contribution in [1.82, 2.24) is 16.0 Å². The van der Waals surface area contributed by atoms with Crippen LogP contribution in [0.2, 0.25) is 0 Å². The Morgan fingerprint density at radius 1 is 1.09 bits per heavy atom. The van der Waals surface area contributed by atoms with Gasteiger partial charge in [0, 0.05) is 18.3 Å². The fraction of sp³-hybridized carbons (Fsp3) is 0.765. The highest BCUT2D eigenvalue weighted by molar-refractivity contribution is 5.89. The number of allylic oxidation sites excluding steroid dienone is 1. The van der Waals surface area contributed by atoms with E-state index in [9.17, 15) is 9.59 Å². The second-order valence-corrected chi connectivity index (χ2v) is 6.56. The van der Waals surface area contributed by atoms with Crippen molar-refractivity contribution in [2.45, 2.75) is 72.5 Å². The Kier molecular flexibility index (Phi) is 9.74. The molecule has 1 amide bonds. The summed E-state index contributed by atoms with van der Waals surface area (Å²) in [5.74, 6) is 0.0626. The van der Waals surface area contributed by atoms with E-state index < -0.39 is 6.04 Å². The van der Waals surface area contributed by atoms with E-state index >= 15 is 0 Å². The van der Waals surface area contributed by atoms with Gasteiger partial charge in [-0.3, -0.25) is 9.59 Å². The van der Waals surface area contributed by atoms with Gasteiger partial charge in [0.2, 0.25) is 5.91 Å². The van der Waals surface area contributed by atoms with Crippen LogP contribution in [-0.4, -0.2) is 36.4 Å². The van der Waals surface area contributed by atoms with Gasteiger partial charge in [0.25, 0.3) is 0 Å². The Balaban J connectivity index is 4.54. The summed E-state index contributed by atoms with van der Waals surface area (Å²) in [6, 6.07) is -0.487. The Morgan fingerprint density at radius 3 is 2.09 bits per heavy atom. The molecule has 0 spiro atoms. The molecule has 0 aliphatic rings. The fourth-order valence-electron chi connectivity index (χ4n) is 2.18. The molecule has 0 aromatic carbocycles. The van der Waals surface area contributed by atoms with E-state index in [0.717, 1.165) is 18.7 Å². The van der Waals surface area contributed by atoms with E-state index in [4.69, 9.17) is 0 Å². The van der Waals surface area contributed by atoms with Gasteiger partial charge in [-0.25, -0.2) is 0 Å². The number of amides is 1. The lowest BCUT2D eigenvalue weighted by Crippen LogP contribution is -2.53. The maximum Gasteiger partial charge on any atom is 0.237 e. The molecule has 2 atom stereocenters. The summed E-state index contributed by atoms with van der Waals surface area (Å²) >= 11 is 0. The normalized spacial score (nSPS) is 13.8. The van der Waals surface area contributed by atoms with E-state index in [-0.39, 0.29) is 29.7 Å². The van der Waals surface area contributed by atoms with Crippen LogP contribution in [0.1, 0.15) is 54.4 Å². The van der Waals surface area contributed by atoms with E-state index in [1.807, 2.05) is 34.6 Å². The summed E-state index contributed by atoms with van der Waals surface area (Å²) in [6.45, 7) is 16.0. The minimum Gasteiger partial charge on any atom is -0.389 e. The highest BCUT2D eigenvalue weighted by Crippen LogP contribution is 2.06. The molecule has 0 fully saturated rings. The van der Waals surface area contributed by atoms with Crippen molar-refractivity contribution in [2.75, 3.05) is 6.54 Å². The van der Waals surface area contributed by atoms with Crippen molar-refractivity contribution in [3.05, 3.63) is 12.3 Å². The van der Waals surface area contributed by atoms with Crippen LogP contribution >= 0.6 is 0 Å². The average molecular weight is 311 g/mol. The number of carbonyl (C=O) groups excluding carboxylic acids is 2. The third-order valence-corrected chi connectivity index (χ3v) is 3.37. The second-order valence-electron chi connectivity index (χ2n) is 6.56. The molecule has 0 bridgehead atoms. The van der Waals surface area contributed by atoms with E-state index in [0.29, 0.717) is 6.42 Å². The number of nitrogens with one attached hydrogen (secondary N) is 3. The SMILES string of the molecule is C=C(C)NCCCC(NC(=O)[C@@H](NC(C)C)C(C)C)C(C)=O. The molecule has 5 nitrogen and oxygen atoms in total. The highest BCUT2D eigenvalue weighted by atomic mass is 16.2. The molecular formula is C17H33N3O2. The van der Waals surface area contributed by atoms with Crippen molar-refractivity contribution in [1.29, 1.82) is 0 Å². The van der Waals surface area contributed by atoms with Crippen LogP contribution in [0.5, 0.6) is 0 Å². The molecule has 1 unspecified atom stereocenters. The van der Waals surface area contributed by atoms with Crippen molar-refractivity contribution in [2.24, 2.45) is 5.92 Å². The van der Waals surface area contributed by atoms with Gasteiger partial charge in [0.05, 0.1) is 12.1 Å². The first-order valence-electron chi connectivity index (χ1n) is 8.11. The maximum absolute atomic E-state index is 12.4. The largest absolute Gasteiger partial charge is 0.389 e. The summed E-state index contributed by atoms with van der Waals surface area (Å²) in [5.41, 5.74) is 0.907. The van der Waals surface area contributed by atoms with Crippen molar-refractivity contribution < 1.29 is 9.59 Å². The lowest BCUT2D eigenvalue weighted by Gasteiger charge is -2.26. The molecule has 0 heterocycles. The van der Waals surface area contributed by atoms with Gasteiger partial charge in [0.1, 0.15) is 0 Å². The topological polar surface area (TPSA) is 70.2 Å². The Labute approximate surface area is 135 Å². The van der Waals surface area contributed by atoms with Gasteiger partial charge in [-0.15, -0.1) is 0 Å². The molecule has 0 rings (SSSR count). The average Bonchev–Trinajstić information content (AvgIpc) is 2.38. The van der Waals surface area contributed by atoms with Crippen LogP contribution in [0.3, 0.4) is 0 Å². The van der Waals surface area contributed by atoms with Gasteiger partial charge >= 0.3 is 0 Å². The summed E-state index contributed by atoms with van der Waals surface area (Å²) in [6.07, 6.45) is 1.44. The van der Waals surface area contributed by atoms with E-state index in [2.05, 4.69) is 22.5 Å². The third-order valence-electron chi connectivity index (χ3n) is 3.37. The number of carbonyl (C=O) groups is 2. The monoisotopic (exact) mass is 311 g/mol. The third kappa shape index (κ3) is 8.82. The zero-order valence-corrected chi connectivity index (χ0v) is 15.0. The van der Waals surface area contributed by atoms with Gasteiger partial charge in [-0.1, -0.05) is 34.3 Å². The van der Waals surface area contributed by atoms with E-state index in [1.54, 1.807) is 0 Å². The summed E-state index contributed by atoms with van der Waals surface area (Å²) in [5, 5.41) is 9.28. The maximum atomic E-state index is 12.4. The predicted molar refractivity (Wildman–Crippen MR) is 91.6 cm³/mol. The Hall–Kier alpha value is -1.36. The Bertz CT molecular complexity index is 378. The molecule has 0 radical (unpaired) electrons. The summed E-state index contributed by atoms with van der Waals surface area (Å²) < 4.78 is 0. The number of hydrogen-bond donors (Lipinski definition) is 3. The molecule has 0 aromatic rings. The second kappa shape index (κ2) is 10.4. The zero-order valence-electron chi connectivity index (χ0n) is 15.0. The van der Waals surface area contributed by atoms with Crippen LogP contribution in [0.15, 0.2) is 12.3 Å². The van der Waals surface area contributed by atoms with Gasteiger partial charge in [0.15, 0.2) is 5.78 Å². The van der Waals surface area contributed by atoms with Crippen LogP contribution in [0.4, 0.5) is 0 Å². The van der Waals surface area contributed by atoms with Crippen LogP contribution in [0, 0.1) is 5.92 Å². The predicted octanol–water partition coefficient (Wildman–Crippen LogP) is 1.99. The van der Waals surface area contributed by atoms with Crippen LogP contribution in [0.25, 0.3) is 0 Å². The molecular weight excluding hydrogens is 278 g/mol. The number of ketones is 1. The fourth-order valence-corrected chi connectivity index (χ4v) is 2.18. The number of rotatable bonds is 11. The number of hydrogen-bond acceptors (Lipinski definition) is 4. The van der Waals surface area contributed by atoms with Crippen LogP contribution < -0.4 is 16.0 Å². The highest BCUT2D eigenvalue weighted by Gasteiger charge is 2.26.